The Morgan fingerprint density at radius 2 is 1.52 bits per heavy atom. The van der Waals surface area contributed by atoms with E-state index in [-0.39, 0.29) is 11.1 Å². The lowest BCUT2D eigenvalue weighted by atomic mass is 9.96. The summed E-state index contributed by atoms with van der Waals surface area (Å²) in [5, 5.41) is 10.1. The average molecular weight is 471 g/mol. The summed E-state index contributed by atoms with van der Waals surface area (Å²) in [4.78, 5) is 13.5. The first-order valence-corrected chi connectivity index (χ1v) is 15.1. The lowest BCUT2D eigenvalue weighted by Crippen LogP contribution is -2.50. The van der Waals surface area contributed by atoms with Gasteiger partial charge in [-0.1, -0.05) is 45.4 Å². The van der Waals surface area contributed by atoms with Crippen LogP contribution in [0.5, 0.6) is 0 Å². The van der Waals surface area contributed by atoms with Crippen LogP contribution in [-0.4, -0.2) is 46.7 Å². The molecule has 0 aliphatic heterocycles. The standard InChI is InChI=1S/C24H42O5SSi/c1-16-12-14-19(15-13-16)30(27)21(22(26)28-23(4,5)6)20(25)17(2)18(3)29-31(10,11)24(7,8)9/h12-15,17-18,20-21,25H,1-11H3/t17-,18-,20-,21-,30?/m0/s1. The van der Waals surface area contributed by atoms with E-state index >= 15 is 0 Å². The number of benzene rings is 1. The number of hydrogen-bond acceptors (Lipinski definition) is 5. The zero-order chi connectivity index (χ0) is 24.4. The highest BCUT2D eigenvalue weighted by atomic mass is 32.2. The van der Waals surface area contributed by atoms with E-state index in [9.17, 15) is 14.1 Å². The van der Waals surface area contributed by atoms with Crippen molar-refractivity contribution in [2.24, 2.45) is 5.92 Å². The summed E-state index contributed by atoms with van der Waals surface area (Å²) >= 11 is 0. The third-order valence-electron chi connectivity index (χ3n) is 6.00. The van der Waals surface area contributed by atoms with Crippen molar-refractivity contribution in [3.63, 3.8) is 0 Å². The van der Waals surface area contributed by atoms with Gasteiger partial charge in [-0.15, -0.1) is 0 Å². The Balaban J connectivity index is 3.23. The Kier molecular flexibility index (Phi) is 9.29. The predicted molar refractivity (Wildman–Crippen MR) is 130 cm³/mol. The van der Waals surface area contributed by atoms with Gasteiger partial charge in [0.05, 0.1) is 16.9 Å². The zero-order valence-electron chi connectivity index (χ0n) is 21.1. The molecule has 0 aliphatic carbocycles. The highest BCUT2D eigenvalue weighted by molar-refractivity contribution is 7.86. The van der Waals surface area contributed by atoms with Gasteiger partial charge in [0.25, 0.3) is 0 Å². The van der Waals surface area contributed by atoms with Gasteiger partial charge in [-0.05, 0) is 64.9 Å². The fourth-order valence-corrected chi connectivity index (χ4v) is 5.75. The smallest absolute Gasteiger partial charge is 0.325 e. The molecule has 0 saturated heterocycles. The van der Waals surface area contributed by atoms with Crippen LogP contribution >= 0.6 is 0 Å². The van der Waals surface area contributed by atoms with Gasteiger partial charge in [0.15, 0.2) is 13.6 Å². The monoisotopic (exact) mass is 470 g/mol. The molecule has 0 bridgehead atoms. The molecule has 5 nitrogen and oxygen atoms in total. The molecule has 0 heterocycles. The average Bonchev–Trinajstić information content (AvgIpc) is 2.58. The van der Waals surface area contributed by atoms with Gasteiger partial charge in [0.1, 0.15) is 5.60 Å². The summed E-state index contributed by atoms with van der Waals surface area (Å²) in [6.45, 7) is 21.7. The molecule has 1 N–H and O–H groups in total. The van der Waals surface area contributed by atoms with Crippen molar-refractivity contribution < 1.29 is 23.3 Å². The Morgan fingerprint density at radius 3 is 1.94 bits per heavy atom. The second kappa shape index (κ2) is 10.3. The van der Waals surface area contributed by atoms with Crippen molar-refractivity contribution in [2.45, 2.75) is 108 Å². The predicted octanol–water partition coefficient (Wildman–Crippen LogP) is 5.22. The maximum Gasteiger partial charge on any atom is 0.325 e. The summed E-state index contributed by atoms with van der Waals surface area (Å²) in [5.74, 6) is -1.08. The molecule has 1 aromatic carbocycles. The first-order chi connectivity index (χ1) is 13.9. The maximum atomic E-state index is 13.4. The highest BCUT2D eigenvalue weighted by Gasteiger charge is 2.44. The van der Waals surface area contributed by atoms with Gasteiger partial charge in [0.2, 0.25) is 0 Å². The van der Waals surface area contributed by atoms with Crippen LogP contribution in [-0.2, 0) is 24.8 Å². The van der Waals surface area contributed by atoms with Crippen LogP contribution < -0.4 is 0 Å². The van der Waals surface area contributed by atoms with E-state index < -0.39 is 48.0 Å². The third kappa shape index (κ3) is 7.81. The molecule has 5 atom stereocenters. The van der Waals surface area contributed by atoms with Crippen molar-refractivity contribution in [3.8, 4) is 0 Å². The second-order valence-electron chi connectivity index (χ2n) is 11.0. The Labute approximate surface area is 192 Å². The minimum absolute atomic E-state index is 0.0151. The molecule has 0 fully saturated rings. The summed E-state index contributed by atoms with van der Waals surface area (Å²) in [7, 11) is -3.85. The summed E-state index contributed by atoms with van der Waals surface area (Å²) in [6.07, 6.45) is -1.49. The molecule has 178 valence electrons. The highest BCUT2D eigenvalue weighted by Crippen LogP contribution is 2.38. The minimum atomic E-state index is -2.08. The molecule has 0 aliphatic rings. The fourth-order valence-electron chi connectivity index (χ4n) is 2.83. The van der Waals surface area contributed by atoms with E-state index in [0.717, 1.165) is 5.56 Å². The van der Waals surface area contributed by atoms with Crippen molar-refractivity contribution in [1.29, 1.82) is 0 Å². The topological polar surface area (TPSA) is 72.8 Å². The molecule has 0 saturated carbocycles. The number of carbonyl (C=O) groups is 1. The van der Waals surface area contributed by atoms with Crippen LogP contribution in [0.1, 0.15) is 61.0 Å². The number of aliphatic hydroxyl groups excluding tert-OH is 1. The van der Waals surface area contributed by atoms with Gasteiger partial charge in [0, 0.05) is 16.9 Å². The third-order valence-corrected chi connectivity index (χ3v) is 12.2. The van der Waals surface area contributed by atoms with Crippen LogP contribution in [0.2, 0.25) is 18.1 Å². The molecular weight excluding hydrogens is 428 g/mol. The second-order valence-corrected chi connectivity index (χ2v) is 17.3. The molecule has 0 radical (unpaired) electrons. The number of ether oxygens (including phenoxy) is 1. The van der Waals surface area contributed by atoms with Crippen molar-refractivity contribution in [3.05, 3.63) is 29.8 Å². The largest absolute Gasteiger partial charge is 0.459 e. The van der Waals surface area contributed by atoms with Crippen molar-refractivity contribution in [2.75, 3.05) is 0 Å². The molecule has 1 rings (SSSR count). The van der Waals surface area contributed by atoms with Crippen LogP contribution in [0.3, 0.4) is 0 Å². The van der Waals surface area contributed by atoms with Crippen LogP contribution in [0, 0.1) is 12.8 Å². The Bertz CT molecular complexity index is 762. The van der Waals surface area contributed by atoms with Gasteiger partial charge in [-0.3, -0.25) is 9.00 Å². The molecular formula is C24H42O5SSi. The molecule has 7 heteroatoms. The number of aliphatic hydroxyl groups is 1. The van der Waals surface area contributed by atoms with Gasteiger partial charge in [-0.25, -0.2) is 0 Å². The Hall–Kier alpha value is -1.02. The number of rotatable bonds is 8. The van der Waals surface area contributed by atoms with Gasteiger partial charge >= 0.3 is 5.97 Å². The first kappa shape index (κ1) is 28.0. The van der Waals surface area contributed by atoms with E-state index in [4.69, 9.17) is 9.16 Å². The maximum absolute atomic E-state index is 13.4. The SMILES string of the molecule is Cc1ccc(S(=O)[C@H](C(=O)OC(C)(C)C)[C@@H](O)[C@@H](C)[C@H](C)O[Si](C)(C)C(C)(C)C)cc1. The van der Waals surface area contributed by atoms with E-state index in [0.29, 0.717) is 4.90 Å². The number of esters is 1. The summed E-state index contributed by atoms with van der Waals surface area (Å²) < 4.78 is 25.4. The summed E-state index contributed by atoms with van der Waals surface area (Å²) in [6, 6.07) is 7.16. The number of carbonyl (C=O) groups excluding carboxylic acids is 1. The lowest BCUT2D eigenvalue weighted by Gasteiger charge is -2.41. The molecule has 0 amide bonds. The van der Waals surface area contributed by atoms with E-state index in [1.54, 1.807) is 32.9 Å². The first-order valence-electron chi connectivity index (χ1n) is 10.9. The molecule has 1 unspecified atom stereocenters. The van der Waals surface area contributed by atoms with E-state index in [1.165, 1.54) is 0 Å². The molecule has 31 heavy (non-hydrogen) atoms. The number of hydrogen-bond donors (Lipinski definition) is 1. The minimum Gasteiger partial charge on any atom is -0.459 e. The quantitative estimate of drug-likeness (QED) is 0.416. The normalized spacial score (nSPS) is 18.1. The van der Waals surface area contributed by atoms with Gasteiger partial charge < -0.3 is 14.3 Å². The Morgan fingerprint density at radius 1 is 1.03 bits per heavy atom. The molecule has 0 spiro atoms. The zero-order valence-corrected chi connectivity index (χ0v) is 22.9. The fraction of sp³-hybridized carbons (Fsp3) is 0.708. The van der Waals surface area contributed by atoms with Crippen LogP contribution in [0.25, 0.3) is 0 Å². The van der Waals surface area contributed by atoms with E-state index in [1.807, 2.05) is 32.9 Å². The summed E-state index contributed by atoms with van der Waals surface area (Å²) in [5.41, 5.74) is 0.277. The lowest BCUT2D eigenvalue weighted by molar-refractivity contribution is -0.157. The molecule has 0 aromatic heterocycles. The van der Waals surface area contributed by atoms with Crippen LogP contribution in [0.15, 0.2) is 29.2 Å². The van der Waals surface area contributed by atoms with E-state index in [2.05, 4.69) is 33.9 Å². The van der Waals surface area contributed by atoms with Crippen molar-refractivity contribution in [1.82, 2.24) is 0 Å². The molecule has 1 aromatic rings. The van der Waals surface area contributed by atoms with Gasteiger partial charge in [-0.2, -0.15) is 0 Å². The number of aryl methyl sites for hydroxylation is 1. The van der Waals surface area contributed by atoms with Crippen molar-refractivity contribution >= 4 is 25.1 Å². The van der Waals surface area contributed by atoms with Crippen LogP contribution in [0.4, 0.5) is 0 Å².